The second-order valence-corrected chi connectivity index (χ2v) is 6.98. The molecule has 2 atom stereocenters. The third-order valence-electron chi connectivity index (χ3n) is 3.40. The minimum Gasteiger partial charge on any atom is -0.404 e. The molecule has 3 rings (SSSR count). The lowest BCUT2D eigenvalue weighted by atomic mass is 10.1. The molecular formula is C15H13ClNO6P. The first-order valence-corrected chi connectivity index (χ1v) is 8.92. The zero-order valence-electron chi connectivity index (χ0n) is 12.3. The number of non-ortho nitro benzene ring substituents is 1. The van der Waals surface area contributed by atoms with Gasteiger partial charge in [-0.25, -0.2) is 4.57 Å². The molecule has 2 unspecified atom stereocenters. The smallest absolute Gasteiger partial charge is 0.404 e. The molecule has 0 bridgehead atoms. The van der Waals surface area contributed by atoms with E-state index in [2.05, 4.69) is 0 Å². The summed E-state index contributed by atoms with van der Waals surface area (Å²) < 4.78 is 28.7. The Kier molecular flexibility index (Phi) is 4.87. The number of phosphoric ester groups is 1. The van der Waals surface area contributed by atoms with Crippen molar-refractivity contribution >= 4 is 25.1 Å². The van der Waals surface area contributed by atoms with Crippen molar-refractivity contribution < 1.29 is 23.1 Å². The van der Waals surface area contributed by atoms with Crippen LogP contribution in [-0.2, 0) is 13.6 Å². The zero-order valence-corrected chi connectivity index (χ0v) is 14.0. The summed E-state index contributed by atoms with van der Waals surface area (Å²) >= 11 is 6.14. The van der Waals surface area contributed by atoms with E-state index < -0.39 is 18.8 Å². The van der Waals surface area contributed by atoms with E-state index in [1.54, 1.807) is 18.2 Å². The molecule has 0 N–H and O–H groups in total. The van der Waals surface area contributed by atoms with Crippen LogP contribution in [0, 0.1) is 10.1 Å². The lowest BCUT2D eigenvalue weighted by Crippen LogP contribution is -2.16. The quantitative estimate of drug-likeness (QED) is 0.432. The van der Waals surface area contributed by atoms with Crippen LogP contribution in [-0.4, -0.2) is 11.5 Å². The number of hydrogen-bond acceptors (Lipinski definition) is 6. The van der Waals surface area contributed by atoms with Crippen LogP contribution < -0.4 is 4.52 Å². The number of phosphoric acid groups is 1. The van der Waals surface area contributed by atoms with Gasteiger partial charge < -0.3 is 4.52 Å². The minimum atomic E-state index is -3.84. The fourth-order valence-electron chi connectivity index (χ4n) is 2.26. The molecule has 1 aliphatic heterocycles. The fraction of sp³-hybridized carbons (Fsp3) is 0.200. The van der Waals surface area contributed by atoms with Crippen molar-refractivity contribution in [2.45, 2.75) is 12.5 Å². The fourth-order valence-corrected chi connectivity index (χ4v) is 3.92. The summed E-state index contributed by atoms with van der Waals surface area (Å²) in [5.41, 5.74) is 0.607. The van der Waals surface area contributed by atoms with E-state index in [4.69, 9.17) is 25.2 Å². The predicted molar refractivity (Wildman–Crippen MR) is 87.2 cm³/mol. The highest BCUT2D eigenvalue weighted by atomic mass is 35.5. The molecule has 126 valence electrons. The molecule has 0 radical (unpaired) electrons. The second kappa shape index (κ2) is 6.91. The lowest BCUT2D eigenvalue weighted by molar-refractivity contribution is -0.384. The number of rotatable bonds is 4. The normalized spacial score (nSPS) is 23.6. The predicted octanol–water partition coefficient (Wildman–Crippen LogP) is 4.91. The largest absolute Gasteiger partial charge is 0.530 e. The van der Waals surface area contributed by atoms with Crippen LogP contribution in [0.1, 0.15) is 18.1 Å². The average molecular weight is 370 g/mol. The Balaban J connectivity index is 1.76. The average Bonchev–Trinajstić information content (AvgIpc) is 2.55. The molecule has 1 aliphatic rings. The maximum Gasteiger partial charge on any atom is 0.530 e. The first-order valence-electron chi connectivity index (χ1n) is 7.08. The van der Waals surface area contributed by atoms with Gasteiger partial charge in [-0.2, -0.15) is 0 Å². The highest BCUT2D eigenvalue weighted by molar-refractivity contribution is 7.49. The van der Waals surface area contributed by atoms with E-state index in [9.17, 15) is 14.7 Å². The van der Waals surface area contributed by atoms with Gasteiger partial charge in [-0.15, -0.1) is 0 Å². The van der Waals surface area contributed by atoms with Crippen molar-refractivity contribution in [3.05, 3.63) is 69.2 Å². The van der Waals surface area contributed by atoms with Gasteiger partial charge >= 0.3 is 7.82 Å². The van der Waals surface area contributed by atoms with Crippen molar-refractivity contribution in [2.75, 3.05) is 6.61 Å². The highest BCUT2D eigenvalue weighted by Gasteiger charge is 2.38. The third-order valence-corrected chi connectivity index (χ3v) is 5.19. The second-order valence-electron chi connectivity index (χ2n) is 5.03. The number of nitrogens with zero attached hydrogens (tertiary/aromatic N) is 1. The summed E-state index contributed by atoms with van der Waals surface area (Å²) in [7, 11) is -3.84. The van der Waals surface area contributed by atoms with Crippen LogP contribution in [0.2, 0.25) is 5.02 Å². The van der Waals surface area contributed by atoms with E-state index in [0.29, 0.717) is 17.0 Å². The Labute approximate surface area is 142 Å². The van der Waals surface area contributed by atoms with E-state index in [1.165, 1.54) is 24.3 Å². The first-order chi connectivity index (χ1) is 11.5. The first kappa shape index (κ1) is 16.9. The van der Waals surface area contributed by atoms with Gasteiger partial charge in [-0.3, -0.25) is 19.2 Å². The molecule has 1 fully saturated rings. The van der Waals surface area contributed by atoms with Crippen molar-refractivity contribution in [1.29, 1.82) is 0 Å². The summed E-state index contributed by atoms with van der Waals surface area (Å²) in [5.74, 6) is 0.156. The molecule has 9 heteroatoms. The van der Waals surface area contributed by atoms with Crippen LogP contribution in [0.4, 0.5) is 5.69 Å². The molecule has 0 aromatic heterocycles. The van der Waals surface area contributed by atoms with Crippen LogP contribution in [0.5, 0.6) is 5.75 Å². The van der Waals surface area contributed by atoms with Crippen LogP contribution in [0.3, 0.4) is 0 Å². The van der Waals surface area contributed by atoms with Crippen molar-refractivity contribution in [3.63, 3.8) is 0 Å². The lowest BCUT2D eigenvalue weighted by Gasteiger charge is -2.29. The Morgan fingerprint density at radius 2 is 1.92 bits per heavy atom. The molecular weight excluding hydrogens is 357 g/mol. The number of benzene rings is 2. The minimum absolute atomic E-state index is 0.0972. The van der Waals surface area contributed by atoms with Crippen molar-refractivity contribution in [1.82, 2.24) is 0 Å². The summed E-state index contributed by atoms with van der Waals surface area (Å²) in [6, 6.07) is 12.3. The number of nitro groups is 1. The molecule has 0 spiro atoms. The number of nitro benzene ring substituents is 1. The molecule has 0 amide bonds. The van der Waals surface area contributed by atoms with Crippen LogP contribution in [0.15, 0.2) is 48.5 Å². The Morgan fingerprint density at radius 3 is 2.58 bits per heavy atom. The van der Waals surface area contributed by atoms with Crippen molar-refractivity contribution in [3.8, 4) is 5.75 Å². The van der Waals surface area contributed by atoms with Gasteiger partial charge in [-0.1, -0.05) is 29.8 Å². The summed E-state index contributed by atoms with van der Waals surface area (Å²) in [6.07, 6.45) is -0.0338. The molecule has 7 nitrogen and oxygen atoms in total. The molecule has 2 aromatic rings. The monoisotopic (exact) mass is 369 g/mol. The number of hydrogen-bond donors (Lipinski definition) is 0. The molecule has 0 saturated carbocycles. The maximum absolute atomic E-state index is 12.7. The topological polar surface area (TPSA) is 87.9 Å². The van der Waals surface area contributed by atoms with Gasteiger partial charge in [0.25, 0.3) is 5.69 Å². The maximum atomic E-state index is 12.7. The SMILES string of the molecule is O=[N+]([O-])c1ccc(OP2(=O)OCCC(c3ccccc3Cl)O2)cc1. The van der Waals surface area contributed by atoms with Gasteiger partial charge in [0, 0.05) is 29.1 Å². The van der Waals surface area contributed by atoms with Crippen LogP contribution >= 0.6 is 19.4 Å². The van der Waals surface area contributed by atoms with Crippen LogP contribution in [0.25, 0.3) is 0 Å². The van der Waals surface area contributed by atoms with E-state index in [0.717, 1.165) is 0 Å². The van der Waals surface area contributed by atoms with E-state index in [-0.39, 0.29) is 18.0 Å². The third kappa shape index (κ3) is 3.76. The van der Waals surface area contributed by atoms with Gasteiger partial charge in [0.1, 0.15) is 5.75 Å². The molecule has 0 aliphatic carbocycles. The Bertz CT molecular complexity index is 797. The standard InChI is InChI=1S/C15H13ClNO6P/c16-14-4-2-1-3-13(14)15-9-10-21-24(20,23-15)22-12-7-5-11(6-8-12)17(18)19/h1-8,15H,9-10H2. The van der Waals surface area contributed by atoms with Gasteiger partial charge in [-0.05, 0) is 18.2 Å². The summed E-state index contributed by atoms with van der Waals surface area (Å²) in [4.78, 5) is 10.1. The summed E-state index contributed by atoms with van der Waals surface area (Å²) in [6.45, 7) is 0.181. The van der Waals surface area contributed by atoms with Gasteiger partial charge in [0.15, 0.2) is 0 Å². The van der Waals surface area contributed by atoms with E-state index in [1.807, 2.05) is 6.07 Å². The zero-order chi connectivity index (χ0) is 17.2. The Hall–Kier alpha value is -1.92. The molecule has 1 saturated heterocycles. The van der Waals surface area contributed by atoms with Gasteiger partial charge in [0.05, 0.1) is 17.6 Å². The molecule has 2 aromatic carbocycles. The molecule has 1 heterocycles. The van der Waals surface area contributed by atoms with E-state index >= 15 is 0 Å². The highest BCUT2D eigenvalue weighted by Crippen LogP contribution is 2.57. The molecule has 24 heavy (non-hydrogen) atoms. The van der Waals surface area contributed by atoms with Gasteiger partial charge in [0.2, 0.25) is 0 Å². The van der Waals surface area contributed by atoms with Crippen molar-refractivity contribution in [2.24, 2.45) is 0 Å². The number of halogens is 1. The summed E-state index contributed by atoms with van der Waals surface area (Å²) in [5, 5.41) is 11.2. The Morgan fingerprint density at radius 1 is 1.21 bits per heavy atom.